The molecule has 4 nitrogen and oxygen atoms in total. The van der Waals surface area contributed by atoms with E-state index in [1.807, 2.05) is 20.8 Å². The van der Waals surface area contributed by atoms with E-state index in [0.717, 1.165) is 0 Å². The molecule has 0 radical (unpaired) electrons. The maximum Gasteiger partial charge on any atom is 0.262 e. The maximum atomic E-state index is 13.5. The van der Waals surface area contributed by atoms with Crippen molar-refractivity contribution in [3.63, 3.8) is 0 Å². The molecule has 0 spiro atoms. The lowest BCUT2D eigenvalue weighted by Gasteiger charge is -2.23. The van der Waals surface area contributed by atoms with Gasteiger partial charge in [0.1, 0.15) is 5.82 Å². The topological polar surface area (TPSA) is 46.9 Å². The van der Waals surface area contributed by atoms with E-state index in [9.17, 15) is 9.18 Å². The summed E-state index contributed by atoms with van der Waals surface area (Å²) in [5, 5.41) is 3.52. The van der Waals surface area contributed by atoms with Crippen LogP contribution in [0, 0.1) is 5.82 Å². The van der Waals surface area contributed by atoms with Crippen molar-refractivity contribution in [2.75, 3.05) is 5.32 Å². The summed E-state index contributed by atoms with van der Waals surface area (Å²) in [4.78, 5) is 16.6. The van der Waals surface area contributed by atoms with Gasteiger partial charge in [-0.25, -0.2) is 9.37 Å². The van der Waals surface area contributed by atoms with E-state index in [1.165, 1.54) is 16.7 Å². The number of hydrogen-bond donors (Lipinski definition) is 1. The first-order chi connectivity index (χ1) is 8.70. The monoisotopic (exact) mass is 327 g/mol. The smallest absolute Gasteiger partial charge is 0.262 e. The second-order valence-corrected chi connectivity index (χ2v) is 6.23. The number of hydrogen-bond acceptors (Lipinski definition) is 3. The summed E-state index contributed by atoms with van der Waals surface area (Å²) in [5.74, 6) is -0.0220. The highest BCUT2D eigenvalue weighted by molar-refractivity contribution is 9.10. The van der Waals surface area contributed by atoms with Gasteiger partial charge in [0.2, 0.25) is 5.95 Å². The number of benzene rings is 1. The third kappa shape index (κ3) is 2.63. The lowest BCUT2D eigenvalue weighted by molar-refractivity contribution is 0.614. The number of aromatic nitrogens is 2. The summed E-state index contributed by atoms with van der Waals surface area (Å²) >= 11 is 3.14. The molecule has 0 bridgehead atoms. The molecule has 2 rings (SSSR count). The van der Waals surface area contributed by atoms with Gasteiger partial charge in [0, 0.05) is 12.6 Å². The van der Waals surface area contributed by atoms with Gasteiger partial charge in [-0.2, -0.15) is 0 Å². The van der Waals surface area contributed by atoms with Gasteiger partial charge in [-0.05, 0) is 48.8 Å². The molecule has 2 aromatic rings. The standard InChI is InChI=1S/C13H15BrFN3O/c1-13(2,3)17-12-16-10-7(11(19)18(12)4)5-6-8(15)9(10)14/h5-6H,1-4H3,(H,16,17). The summed E-state index contributed by atoms with van der Waals surface area (Å²) in [5.41, 5.74) is -0.127. The van der Waals surface area contributed by atoms with Crippen molar-refractivity contribution < 1.29 is 4.39 Å². The van der Waals surface area contributed by atoms with E-state index in [4.69, 9.17) is 0 Å². The predicted molar refractivity (Wildman–Crippen MR) is 78.0 cm³/mol. The highest BCUT2D eigenvalue weighted by Crippen LogP contribution is 2.24. The summed E-state index contributed by atoms with van der Waals surface area (Å²) in [6.07, 6.45) is 0. The first-order valence-corrected chi connectivity index (χ1v) is 6.63. The Morgan fingerprint density at radius 2 is 2.00 bits per heavy atom. The molecule has 0 aliphatic carbocycles. The van der Waals surface area contributed by atoms with Crippen LogP contribution in [0.4, 0.5) is 10.3 Å². The van der Waals surface area contributed by atoms with Gasteiger partial charge in [-0.15, -0.1) is 0 Å². The molecule has 0 unspecified atom stereocenters. The molecule has 1 aromatic heterocycles. The Morgan fingerprint density at radius 1 is 1.37 bits per heavy atom. The molecular formula is C13H15BrFN3O. The Morgan fingerprint density at radius 3 is 2.58 bits per heavy atom. The van der Waals surface area contributed by atoms with Gasteiger partial charge < -0.3 is 5.32 Å². The molecule has 0 aliphatic rings. The molecule has 0 saturated carbocycles. The van der Waals surface area contributed by atoms with Gasteiger partial charge in [0.25, 0.3) is 5.56 Å². The molecule has 0 amide bonds. The van der Waals surface area contributed by atoms with Gasteiger partial charge in [0.05, 0.1) is 15.4 Å². The predicted octanol–water partition coefficient (Wildman–Crippen LogP) is 3.05. The van der Waals surface area contributed by atoms with Gasteiger partial charge in [0.15, 0.2) is 0 Å². The van der Waals surface area contributed by atoms with E-state index < -0.39 is 5.82 Å². The van der Waals surface area contributed by atoms with Crippen molar-refractivity contribution >= 4 is 32.8 Å². The van der Waals surface area contributed by atoms with Crippen molar-refractivity contribution in [3.05, 3.63) is 32.8 Å². The first-order valence-electron chi connectivity index (χ1n) is 5.83. The first kappa shape index (κ1) is 14.0. The minimum Gasteiger partial charge on any atom is -0.351 e. The highest BCUT2D eigenvalue weighted by atomic mass is 79.9. The average molecular weight is 328 g/mol. The van der Waals surface area contributed by atoms with Crippen LogP contribution in [0.25, 0.3) is 10.9 Å². The van der Waals surface area contributed by atoms with Crippen LogP contribution >= 0.6 is 15.9 Å². The minimum absolute atomic E-state index is 0.208. The molecule has 0 saturated heterocycles. The third-order valence-electron chi connectivity index (χ3n) is 2.63. The Hall–Kier alpha value is -1.43. The summed E-state index contributed by atoms with van der Waals surface area (Å²) < 4.78 is 15.2. The fourth-order valence-electron chi connectivity index (χ4n) is 1.73. The summed E-state index contributed by atoms with van der Waals surface area (Å²) in [6.45, 7) is 5.89. The molecule has 1 heterocycles. The van der Waals surface area contributed by atoms with Crippen LogP contribution < -0.4 is 10.9 Å². The quantitative estimate of drug-likeness (QED) is 0.875. The van der Waals surface area contributed by atoms with Crippen LogP contribution in [0.2, 0.25) is 0 Å². The van der Waals surface area contributed by atoms with Gasteiger partial charge >= 0.3 is 0 Å². The summed E-state index contributed by atoms with van der Waals surface area (Å²) in [7, 11) is 1.64. The number of nitrogens with one attached hydrogen (secondary N) is 1. The van der Waals surface area contributed by atoms with Crippen LogP contribution in [0.5, 0.6) is 0 Å². The van der Waals surface area contributed by atoms with Gasteiger partial charge in [-0.3, -0.25) is 9.36 Å². The Bertz CT molecular complexity index is 704. The normalized spacial score (nSPS) is 11.9. The van der Waals surface area contributed by atoms with Crippen molar-refractivity contribution in [1.82, 2.24) is 9.55 Å². The Labute approximate surface area is 118 Å². The van der Waals surface area contributed by atoms with E-state index in [1.54, 1.807) is 7.05 Å². The second kappa shape index (κ2) is 4.59. The van der Waals surface area contributed by atoms with Gasteiger partial charge in [-0.1, -0.05) is 0 Å². The molecule has 1 N–H and O–H groups in total. The van der Waals surface area contributed by atoms with E-state index in [2.05, 4.69) is 26.2 Å². The fraction of sp³-hybridized carbons (Fsp3) is 0.385. The molecule has 1 aromatic carbocycles. The molecular weight excluding hydrogens is 313 g/mol. The van der Waals surface area contributed by atoms with Crippen molar-refractivity contribution in [1.29, 1.82) is 0 Å². The molecule has 0 atom stereocenters. The van der Waals surface area contributed by atoms with Crippen molar-refractivity contribution in [3.8, 4) is 0 Å². The Balaban J connectivity index is 2.78. The van der Waals surface area contributed by atoms with Crippen LogP contribution in [-0.4, -0.2) is 15.1 Å². The zero-order chi connectivity index (χ0) is 14.4. The van der Waals surface area contributed by atoms with E-state index in [0.29, 0.717) is 16.9 Å². The number of anilines is 1. The van der Waals surface area contributed by atoms with Crippen LogP contribution in [-0.2, 0) is 7.05 Å². The Kier molecular flexibility index (Phi) is 3.38. The average Bonchev–Trinajstić information content (AvgIpc) is 2.29. The fourth-order valence-corrected chi connectivity index (χ4v) is 2.16. The third-order valence-corrected chi connectivity index (χ3v) is 3.38. The SMILES string of the molecule is Cn1c(NC(C)(C)C)nc2c(Br)c(F)ccc2c1=O. The van der Waals surface area contributed by atoms with Crippen molar-refractivity contribution in [2.45, 2.75) is 26.3 Å². The number of rotatable bonds is 1. The lowest BCUT2D eigenvalue weighted by atomic mass is 10.1. The number of fused-ring (bicyclic) bond motifs is 1. The van der Waals surface area contributed by atoms with E-state index in [-0.39, 0.29) is 15.6 Å². The lowest BCUT2D eigenvalue weighted by Crippen LogP contribution is -2.32. The maximum absolute atomic E-state index is 13.5. The molecule has 6 heteroatoms. The zero-order valence-corrected chi connectivity index (χ0v) is 12.8. The zero-order valence-electron chi connectivity index (χ0n) is 11.2. The van der Waals surface area contributed by atoms with Crippen molar-refractivity contribution in [2.24, 2.45) is 7.05 Å². The number of nitrogens with zero attached hydrogens (tertiary/aromatic N) is 2. The van der Waals surface area contributed by atoms with Crippen LogP contribution in [0.1, 0.15) is 20.8 Å². The molecule has 102 valence electrons. The largest absolute Gasteiger partial charge is 0.351 e. The number of halogens is 2. The molecule has 0 aliphatic heterocycles. The van der Waals surface area contributed by atoms with E-state index >= 15 is 0 Å². The van der Waals surface area contributed by atoms with Crippen LogP contribution in [0.15, 0.2) is 21.4 Å². The minimum atomic E-state index is -0.435. The molecule has 19 heavy (non-hydrogen) atoms. The molecule has 0 fully saturated rings. The summed E-state index contributed by atoms with van der Waals surface area (Å²) in [6, 6.07) is 2.71. The van der Waals surface area contributed by atoms with Crippen LogP contribution in [0.3, 0.4) is 0 Å². The highest BCUT2D eigenvalue weighted by Gasteiger charge is 2.17. The second-order valence-electron chi connectivity index (χ2n) is 5.43.